The molecular weight excluding hydrogens is 236 g/mol. The highest BCUT2D eigenvalue weighted by Crippen LogP contribution is 2.25. The van der Waals surface area contributed by atoms with Gasteiger partial charge >= 0.3 is 0 Å². The van der Waals surface area contributed by atoms with Crippen molar-refractivity contribution in [2.24, 2.45) is 11.1 Å². The molecule has 1 rings (SSSR count). The number of methoxy groups -OCH3 is 1. The molecule has 1 aromatic carbocycles. The molecule has 2 atom stereocenters. The first-order chi connectivity index (χ1) is 8.25. The monoisotopic (exact) mass is 257 g/mol. The van der Waals surface area contributed by atoms with Crippen LogP contribution in [-0.2, 0) is 11.2 Å². The highest BCUT2D eigenvalue weighted by Gasteiger charge is 2.30. The van der Waals surface area contributed by atoms with Crippen LogP contribution in [0.4, 0.5) is 8.78 Å². The smallest absolute Gasteiger partial charge is 0.126 e. The molecule has 2 N–H and O–H groups in total. The third-order valence-electron chi connectivity index (χ3n) is 2.96. The molecule has 0 saturated carbocycles. The first kappa shape index (κ1) is 15.1. The van der Waals surface area contributed by atoms with Crippen molar-refractivity contribution in [3.63, 3.8) is 0 Å². The van der Waals surface area contributed by atoms with Gasteiger partial charge in [0.2, 0.25) is 0 Å². The maximum Gasteiger partial charge on any atom is 0.126 e. The van der Waals surface area contributed by atoms with Crippen LogP contribution in [0.5, 0.6) is 0 Å². The molecular formula is C14H21F2NO. The van der Waals surface area contributed by atoms with Crippen molar-refractivity contribution < 1.29 is 13.5 Å². The quantitative estimate of drug-likeness (QED) is 0.900. The molecule has 102 valence electrons. The fraction of sp³-hybridized carbons (Fsp3) is 0.571. The van der Waals surface area contributed by atoms with E-state index in [1.807, 2.05) is 20.8 Å². The predicted octanol–water partition coefficient (Wildman–Crippen LogP) is 2.90. The van der Waals surface area contributed by atoms with E-state index < -0.39 is 11.6 Å². The van der Waals surface area contributed by atoms with Gasteiger partial charge in [-0.1, -0.05) is 20.8 Å². The van der Waals surface area contributed by atoms with Crippen LogP contribution in [0.2, 0.25) is 0 Å². The Labute approximate surface area is 107 Å². The van der Waals surface area contributed by atoms with Crippen LogP contribution < -0.4 is 5.73 Å². The van der Waals surface area contributed by atoms with E-state index in [0.717, 1.165) is 12.1 Å². The number of halogens is 2. The van der Waals surface area contributed by atoms with Crippen LogP contribution in [-0.4, -0.2) is 19.3 Å². The van der Waals surface area contributed by atoms with E-state index in [9.17, 15) is 8.78 Å². The molecule has 0 heterocycles. The van der Waals surface area contributed by atoms with E-state index in [1.165, 1.54) is 6.07 Å². The largest absolute Gasteiger partial charge is 0.379 e. The summed E-state index contributed by atoms with van der Waals surface area (Å²) in [6.45, 7) is 6.01. The third-order valence-corrected chi connectivity index (χ3v) is 2.96. The van der Waals surface area contributed by atoms with Gasteiger partial charge in [0.1, 0.15) is 11.6 Å². The summed E-state index contributed by atoms with van der Waals surface area (Å²) >= 11 is 0. The fourth-order valence-corrected chi connectivity index (χ4v) is 2.23. The molecule has 0 spiro atoms. The Morgan fingerprint density at radius 1 is 1.28 bits per heavy atom. The molecule has 1 aromatic rings. The molecule has 0 aliphatic carbocycles. The number of hydrogen-bond donors (Lipinski definition) is 1. The molecule has 0 bridgehead atoms. The Morgan fingerprint density at radius 2 is 1.89 bits per heavy atom. The Kier molecular flexibility index (Phi) is 4.82. The molecule has 0 aromatic heterocycles. The molecule has 2 unspecified atom stereocenters. The minimum absolute atomic E-state index is 0.155. The average Bonchev–Trinajstić information content (AvgIpc) is 2.22. The van der Waals surface area contributed by atoms with E-state index >= 15 is 0 Å². The molecule has 18 heavy (non-hydrogen) atoms. The standard InChI is InChI=1S/C14H21F2NO/c1-14(2,3)13(18-4)12(17)8-9-7-10(15)5-6-11(9)16/h5-7,12-13H,8,17H2,1-4H3. The summed E-state index contributed by atoms with van der Waals surface area (Å²) in [7, 11) is 1.58. The molecule has 0 fully saturated rings. The lowest BCUT2D eigenvalue weighted by atomic mass is 9.82. The average molecular weight is 257 g/mol. The summed E-state index contributed by atoms with van der Waals surface area (Å²) in [6, 6.07) is 3.02. The van der Waals surface area contributed by atoms with Crippen LogP contribution in [0.3, 0.4) is 0 Å². The van der Waals surface area contributed by atoms with Gasteiger partial charge in [0.25, 0.3) is 0 Å². The van der Waals surface area contributed by atoms with Gasteiger partial charge in [-0.25, -0.2) is 8.78 Å². The van der Waals surface area contributed by atoms with Gasteiger partial charge in [-0.2, -0.15) is 0 Å². The lowest BCUT2D eigenvalue weighted by molar-refractivity contribution is -0.00181. The first-order valence-corrected chi connectivity index (χ1v) is 5.98. The fourth-order valence-electron chi connectivity index (χ4n) is 2.23. The highest BCUT2D eigenvalue weighted by molar-refractivity contribution is 5.20. The zero-order valence-electron chi connectivity index (χ0n) is 11.3. The van der Waals surface area contributed by atoms with Crippen LogP contribution in [0.15, 0.2) is 18.2 Å². The SMILES string of the molecule is COC(C(N)Cc1cc(F)ccc1F)C(C)(C)C. The van der Waals surface area contributed by atoms with Crippen molar-refractivity contribution in [1.82, 2.24) is 0 Å². The van der Waals surface area contributed by atoms with E-state index in [1.54, 1.807) is 7.11 Å². The van der Waals surface area contributed by atoms with Crippen LogP contribution in [0.25, 0.3) is 0 Å². The molecule has 4 heteroatoms. The van der Waals surface area contributed by atoms with Gasteiger partial charge < -0.3 is 10.5 Å². The summed E-state index contributed by atoms with van der Waals surface area (Å²) in [4.78, 5) is 0. The van der Waals surface area contributed by atoms with Crippen molar-refractivity contribution in [2.75, 3.05) is 7.11 Å². The van der Waals surface area contributed by atoms with Crippen LogP contribution in [0.1, 0.15) is 26.3 Å². The Bertz CT molecular complexity index is 401. The number of ether oxygens (including phenoxy) is 1. The van der Waals surface area contributed by atoms with Gasteiger partial charge in [0.15, 0.2) is 0 Å². The molecule has 0 aliphatic heterocycles. The molecule has 0 amide bonds. The van der Waals surface area contributed by atoms with E-state index in [0.29, 0.717) is 0 Å². The summed E-state index contributed by atoms with van der Waals surface area (Å²) in [5.41, 5.74) is 6.18. The second kappa shape index (κ2) is 5.76. The van der Waals surface area contributed by atoms with Gasteiger partial charge in [-0.15, -0.1) is 0 Å². The van der Waals surface area contributed by atoms with E-state index in [4.69, 9.17) is 10.5 Å². The van der Waals surface area contributed by atoms with Crippen molar-refractivity contribution in [2.45, 2.75) is 39.3 Å². The number of nitrogens with two attached hydrogens (primary N) is 1. The lowest BCUT2D eigenvalue weighted by Gasteiger charge is -2.34. The Morgan fingerprint density at radius 3 is 2.39 bits per heavy atom. The summed E-state index contributed by atoms with van der Waals surface area (Å²) in [5, 5.41) is 0. The first-order valence-electron chi connectivity index (χ1n) is 5.98. The summed E-state index contributed by atoms with van der Waals surface area (Å²) in [6.07, 6.45) is 0.0273. The van der Waals surface area contributed by atoms with Crippen LogP contribution >= 0.6 is 0 Å². The summed E-state index contributed by atoms with van der Waals surface area (Å²) in [5.74, 6) is -0.890. The van der Waals surface area contributed by atoms with Gasteiger partial charge in [-0.05, 0) is 35.6 Å². The number of rotatable bonds is 4. The van der Waals surface area contributed by atoms with Gasteiger partial charge in [-0.3, -0.25) is 0 Å². The van der Waals surface area contributed by atoms with Gasteiger partial charge in [0.05, 0.1) is 6.10 Å². The Balaban J connectivity index is 2.86. The zero-order valence-corrected chi connectivity index (χ0v) is 11.3. The zero-order chi connectivity index (χ0) is 13.9. The van der Waals surface area contributed by atoms with Crippen molar-refractivity contribution in [3.8, 4) is 0 Å². The third kappa shape index (κ3) is 3.75. The lowest BCUT2D eigenvalue weighted by Crippen LogP contribution is -2.46. The maximum absolute atomic E-state index is 13.5. The van der Waals surface area contributed by atoms with Crippen molar-refractivity contribution in [1.29, 1.82) is 0 Å². The topological polar surface area (TPSA) is 35.2 Å². The van der Waals surface area contributed by atoms with Crippen molar-refractivity contribution in [3.05, 3.63) is 35.4 Å². The Hall–Kier alpha value is -1.00. The van der Waals surface area contributed by atoms with E-state index in [-0.39, 0.29) is 29.5 Å². The second-order valence-corrected chi connectivity index (χ2v) is 5.63. The van der Waals surface area contributed by atoms with Crippen LogP contribution in [0, 0.1) is 17.0 Å². The molecule has 0 radical (unpaired) electrons. The minimum atomic E-state index is -0.455. The maximum atomic E-state index is 13.5. The normalized spacial score (nSPS) is 15.5. The van der Waals surface area contributed by atoms with Gasteiger partial charge in [0, 0.05) is 13.2 Å². The summed E-state index contributed by atoms with van der Waals surface area (Å²) < 4.78 is 32.0. The number of hydrogen-bond acceptors (Lipinski definition) is 2. The van der Waals surface area contributed by atoms with Crippen molar-refractivity contribution >= 4 is 0 Å². The molecule has 0 saturated heterocycles. The molecule has 0 aliphatic rings. The predicted molar refractivity (Wildman–Crippen MR) is 68.3 cm³/mol. The molecule has 2 nitrogen and oxygen atoms in total. The number of benzene rings is 1. The minimum Gasteiger partial charge on any atom is -0.379 e. The second-order valence-electron chi connectivity index (χ2n) is 5.63. The van der Waals surface area contributed by atoms with E-state index in [2.05, 4.69) is 0 Å². The highest BCUT2D eigenvalue weighted by atomic mass is 19.1.